The van der Waals surface area contributed by atoms with Crippen molar-refractivity contribution >= 4 is 17.7 Å². The van der Waals surface area contributed by atoms with Crippen LogP contribution in [0.2, 0.25) is 0 Å². The van der Waals surface area contributed by atoms with E-state index in [0.29, 0.717) is 18.8 Å². The van der Waals surface area contributed by atoms with Crippen LogP contribution in [-0.2, 0) is 16.0 Å². The molecule has 7 heteroatoms. The summed E-state index contributed by atoms with van der Waals surface area (Å²) in [7, 11) is 3.06. The van der Waals surface area contributed by atoms with E-state index in [-0.39, 0.29) is 11.5 Å². The van der Waals surface area contributed by atoms with E-state index in [4.69, 9.17) is 4.74 Å². The van der Waals surface area contributed by atoms with Crippen LogP contribution in [0.4, 0.5) is 10.5 Å². The maximum Gasteiger partial charge on any atom is 0.411 e. The molecule has 1 atom stereocenters. The van der Waals surface area contributed by atoms with Crippen molar-refractivity contribution in [2.45, 2.75) is 40.3 Å². The highest BCUT2D eigenvalue weighted by atomic mass is 16.5. The number of carbonyl (C=O) groups excluding carboxylic acids is 1. The average Bonchev–Trinajstić information content (AvgIpc) is 2.60. The Kier molecular flexibility index (Phi) is 8.92. The maximum atomic E-state index is 11.2. The number of nitrogens with zero attached hydrogens (tertiary/aromatic N) is 1. The van der Waals surface area contributed by atoms with Crippen LogP contribution in [0.25, 0.3) is 0 Å². The summed E-state index contributed by atoms with van der Waals surface area (Å²) in [6.07, 6.45) is -0.406. The van der Waals surface area contributed by atoms with Crippen LogP contribution in [0.3, 0.4) is 0 Å². The van der Waals surface area contributed by atoms with Gasteiger partial charge < -0.3 is 20.1 Å². The number of amides is 1. The number of benzene rings is 1. The summed E-state index contributed by atoms with van der Waals surface area (Å²) in [5.41, 5.74) is 1.76. The van der Waals surface area contributed by atoms with Gasteiger partial charge in [0.25, 0.3) is 0 Å². The van der Waals surface area contributed by atoms with Gasteiger partial charge in [-0.2, -0.15) is 0 Å². The molecule has 1 aromatic carbocycles. The highest BCUT2D eigenvalue weighted by Gasteiger charge is 2.24. The second kappa shape index (κ2) is 10.7. The smallest absolute Gasteiger partial charge is 0.411 e. The first-order chi connectivity index (χ1) is 12.3. The van der Waals surface area contributed by atoms with Crippen molar-refractivity contribution in [1.82, 2.24) is 10.6 Å². The second-order valence-electron chi connectivity index (χ2n) is 6.98. The molecule has 1 rings (SSSR count). The van der Waals surface area contributed by atoms with Gasteiger partial charge in [0.15, 0.2) is 5.96 Å². The highest BCUT2D eigenvalue weighted by molar-refractivity contribution is 5.84. The first-order valence-electron chi connectivity index (χ1n) is 8.79. The molecule has 0 spiro atoms. The molecule has 0 aliphatic rings. The SMILES string of the molecule is CCNC(=NCc1ccc(NC(=O)OC)cc1)NCC(OC)C(C)(C)C. The second-order valence-corrected chi connectivity index (χ2v) is 6.98. The third-order valence-electron chi connectivity index (χ3n) is 3.86. The lowest BCUT2D eigenvalue weighted by atomic mass is 9.89. The summed E-state index contributed by atoms with van der Waals surface area (Å²) in [4.78, 5) is 15.8. The number of ether oxygens (including phenoxy) is 2. The number of anilines is 1. The number of aliphatic imine (C=N–C) groups is 1. The summed E-state index contributed by atoms with van der Waals surface area (Å²) in [5, 5.41) is 9.19. The van der Waals surface area contributed by atoms with Crippen LogP contribution < -0.4 is 16.0 Å². The summed E-state index contributed by atoms with van der Waals surface area (Å²) in [6.45, 7) is 10.5. The zero-order valence-corrected chi connectivity index (χ0v) is 16.7. The largest absolute Gasteiger partial charge is 0.453 e. The number of carbonyl (C=O) groups is 1. The third-order valence-corrected chi connectivity index (χ3v) is 3.86. The van der Waals surface area contributed by atoms with Crippen molar-refractivity contribution < 1.29 is 14.3 Å². The molecule has 0 aliphatic carbocycles. The molecule has 0 fully saturated rings. The molecule has 1 amide bonds. The molecule has 0 radical (unpaired) electrons. The molecule has 146 valence electrons. The van der Waals surface area contributed by atoms with Crippen LogP contribution in [0.5, 0.6) is 0 Å². The monoisotopic (exact) mass is 364 g/mol. The van der Waals surface area contributed by atoms with Gasteiger partial charge in [-0.1, -0.05) is 32.9 Å². The number of methoxy groups -OCH3 is 2. The van der Waals surface area contributed by atoms with Gasteiger partial charge in [-0.15, -0.1) is 0 Å². The molecular formula is C19H32N4O3. The van der Waals surface area contributed by atoms with E-state index in [2.05, 4.69) is 46.5 Å². The van der Waals surface area contributed by atoms with Gasteiger partial charge in [0.2, 0.25) is 0 Å². The van der Waals surface area contributed by atoms with Gasteiger partial charge in [-0.25, -0.2) is 9.79 Å². The third kappa shape index (κ3) is 7.74. The highest BCUT2D eigenvalue weighted by Crippen LogP contribution is 2.20. The lowest BCUT2D eigenvalue weighted by Gasteiger charge is -2.30. The van der Waals surface area contributed by atoms with E-state index in [1.165, 1.54) is 7.11 Å². The molecule has 0 saturated heterocycles. The van der Waals surface area contributed by atoms with Crippen molar-refractivity contribution in [3.05, 3.63) is 29.8 Å². The number of rotatable bonds is 7. The molecule has 7 nitrogen and oxygen atoms in total. The summed E-state index contributed by atoms with van der Waals surface area (Å²) < 4.78 is 10.1. The number of hydrogen-bond acceptors (Lipinski definition) is 4. The minimum Gasteiger partial charge on any atom is -0.453 e. The van der Waals surface area contributed by atoms with Gasteiger partial charge in [0.1, 0.15) is 0 Å². The summed E-state index contributed by atoms with van der Waals surface area (Å²) >= 11 is 0. The number of nitrogens with one attached hydrogen (secondary N) is 3. The average molecular weight is 364 g/mol. The van der Waals surface area contributed by atoms with Crippen molar-refractivity contribution in [3.63, 3.8) is 0 Å². The van der Waals surface area contributed by atoms with Crippen LogP contribution in [0, 0.1) is 5.41 Å². The zero-order chi connectivity index (χ0) is 19.6. The molecule has 1 unspecified atom stereocenters. The Morgan fingerprint density at radius 1 is 1.15 bits per heavy atom. The van der Waals surface area contributed by atoms with Gasteiger partial charge in [-0.3, -0.25) is 5.32 Å². The Hall–Kier alpha value is -2.28. The van der Waals surface area contributed by atoms with Gasteiger partial charge in [-0.05, 0) is 30.0 Å². The molecule has 26 heavy (non-hydrogen) atoms. The van der Waals surface area contributed by atoms with Crippen LogP contribution in [0.15, 0.2) is 29.3 Å². The Morgan fingerprint density at radius 2 is 1.81 bits per heavy atom. The molecule has 0 saturated carbocycles. The lowest BCUT2D eigenvalue weighted by molar-refractivity contribution is 0.0205. The number of guanidine groups is 1. The Morgan fingerprint density at radius 3 is 2.31 bits per heavy atom. The maximum absolute atomic E-state index is 11.2. The summed E-state index contributed by atoms with van der Waals surface area (Å²) in [5.74, 6) is 0.746. The van der Waals surface area contributed by atoms with E-state index in [1.807, 2.05) is 31.2 Å². The molecule has 3 N–H and O–H groups in total. The zero-order valence-electron chi connectivity index (χ0n) is 16.7. The quantitative estimate of drug-likeness (QED) is 0.512. The first kappa shape index (κ1) is 21.8. The first-order valence-corrected chi connectivity index (χ1v) is 8.79. The molecule has 1 aromatic rings. The van der Waals surface area contributed by atoms with Crippen LogP contribution in [0.1, 0.15) is 33.3 Å². The Bertz CT molecular complexity index is 579. The van der Waals surface area contributed by atoms with E-state index < -0.39 is 6.09 Å². The summed E-state index contributed by atoms with van der Waals surface area (Å²) in [6, 6.07) is 7.49. The van der Waals surface area contributed by atoms with Gasteiger partial charge in [0.05, 0.1) is 19.8 Å². The fraction of sp³-hybridized carbons (Fsp3) is 0.579. The molecule has 0 aromatic heterocycles. The normalized spacial score (nSPS) is 13.1. The van der Waals surface area contributed by atoms with Gasteiger partial charge >= 0.3 is 6.09 Å². The van der Waals surface area contributed by atoms with Gasteiger partial charge in [0, 0.05) is 25.9 Å². The van der Waals surface area contributed by atoms with Crippen LogP contribution in [-0.4, -0.2) is 45.5 Å². The molecule has 0 aliphatic heterocycles. The minimum absolute atomic E-state index is 0.0432. The molecular weight excluding hydrogens is 332 g/mol. The van der Waals surface area contributed by atoms with Crippen molar-refractivity contribution in [2.75, 3.05) is 32.6 Å². The van der Waals surface area contributed by atoms with E-state index in [9.17, 15) is 4.79 Å². The Balaban J connectivity index is 2.66. The fourth-order valence-corrected chi connectivity index (χ4v) is 2.31. The van der Waals surface area contributed by atoms with Crippen LogP contribution >= 0.6 is 0 Å². The van der Waals surface area contributed by atoms with Crippen molar-refractivity contribution in [1.29, 1.82) is 0 Å². The topological polar surface area (TPSA) is 84.0 Å². The predicted molar refractivity (Wildman–Crippen MR) is 106 cm³/mol. The fourth-order valence-electron chi connectivity index (χ4n) is 2.31. The van der Waals surface area contributed by atoms with E-state index >= 15 is 0 Å². The predicted octanol–water partition coefficient (Wildman–Crippen LogP) is 2.98. The molecule has 0 bridgehead atoms. The molecule has 0 heterocycles. The standard InChI is InChI=1S/C19H32N4O3/c1-7-20-17(22-13-16(25-5)19(2,3)4)21-12-14-8-10-15(11-9-14)23-18(24)26-6/h8-11,16H,7,12-13H2,1-6H3,(H,23,24)(H2,20,21,22). The minimum atomic E-state index is -0.485. The van der Waals surface area contributed by atoms with E-state index in [0.717, 1.165) is 18.1 Å². The lowest BCUT2D eigenvalue weighted by Crippen LogP contribution is -2.45. The number of hydrogen-bond donors (Lipinski definition) is 3. The Labute approximate surface area is 156 Å². The van der Waals surface area contributed by atoms with E-state index in [1.54, 1.807) is 7.11 Å². The van der Waals surface area contributed by atoms with Crippen molar-refractivity contribution in [3.8, 4) is 0 Å². The van der Waals surface area contributed by atoms with Crippen molar-refractivity contribution in [2.24, 2.45) is 10.4 Å².